The van der Waals surface area contributed by atoms with E-state index in [0.29, 0.717) is 5.95 Å². The van der Waals surface area contributed by atoms with Crippen molar-refractivity contribution in [3.8, 4) is 0 Å². The summed E-state index contributed by atoms with van der Waals surface area (Å²) in [5, 5.41) is 14.4. The van der Waals surface area contributed by atoms with Crippen molar-refractivity contribution in [3.63, 3.8) is 0 Å². The molecule has 0 saturated heterocycles. The highest BCUT2D eigenvalue weighted by Gasteiger charge is 2.08. The first-order valence-electron chi connectivity index (χ1n) is 6.83. The average molecular weight is 310 g/mol. The fourth-order valence-electron chi connectivity index (χ4n) is 1.89. The number of thioether (sulfide) groups is 1. The van der Waals surface area contributed by atoms with Gasteiger partial charge in [0.05, 0.1) is 12.3 Å². The van der Waals surface area contributed by atoms with Crippen molar-refractivity contribution in [3.05, 3.63) is 23.2 Å². The molecule has 0 amide bonds. The van der Waals surface area contributed by atoms with Crippen LogP contribution in [0.2, 0.25) is 0 Å². The first-order chi connectivity index (χ1) is 10.1. The maximum absolute atomic E-state index is 5.88. The van der Waals surface area contributed by atoms with Gasteiger partial charge < -0.3 is 14.6 Å². The molecule has 0 aromatic carbocycles. The molecule has 0 saturated carbocycles. The monoisotopic (exact) mass is 310 g/mol. The molecule has 2 rings (SSSR count). The van der Waals surface area contributed by atoms with Crippen LogP contribution in [0, 0.1) is 6.92 Å². The lowest BCUT2D eigenvalue weighted by Crippen LogP contribution is -2.10. The Kier molecular flexibility index (Phi) is 5.63. The van der Waals surface area contributed by atoms with E-state index in [1.54, 1.807) is 4.68 Å². The van der Waals surface area contributed by atoms with Crippen LogP contribution in [0.3, 0.4) is 0 Å². The van der Waals surface area contributed by atoms with Gasteiger partial charge in [0.2, 0.25) is 5.95 Å². The lowest BCUT2D eigenvalue weighted by Gasteiger charge is -2.07. The SMILES string of the molecule is Cc1cc(CSCCNc2nnnn2C)oc1CN(C)C. The van der Waals surface area contributed by atoms with Crippen LogP contribution in [-0.2, 0) is 19.3 Å². The topological polar surface area (TPSA) is 72.0 Å². The summed E-state index contributed by atoms with van der Waals surface area (Å²) in [7, 11) is 5.90. The van der Waals surface area contributed by atoms with E-state index in [4.69, 9.17) is 4.42 Å². The van der Waals surface area contributed by atoms with Crippen molar-refractivity contribution in [1.82, 2.24) is 25.1 Å². The van der Waals surface area contributed by atoms with E-state index in [0.717, 1.165) is 36.1 Å². The van der Waals surface area contributed by atoms with Gasteiger partial charge in [-0.15, -0.1) is 0 Å². The van der Waals surface area contributed by atoms with Gasteiger partial charge in [-0.25, -0.2) is 4.68 Å². The molecule has 0 aliphatic heterocycles. The van der Waals surface area contributed by atoms with Gasteiger partial charge in [0.1, 0.15) is 11.5 Å². The number of hydrogen-bond donors (Lipinski definition) is 1. The molecule has 8 heteroatoms. The molecule has 7 nitrogen and oxygen atoms in total. The Morgan fingerprint density at radius 3 is 2.90 bits per heavy atom. The molecular formula is C13H22N6OS. The van der Waals surface area contributed by atoms with E-state index in [1.807, 2.05) is 32.9 Å². The average Bonchev–Trinajstić information content (AvgIpc) is 2.96. The molecule has 1 N–H and O–H groups in total. The Morgan fingerprint density at radius 1 is 1.43 bits per heavy atom. The minimum absolute atomic E-state index is 0.692. The zero-order chi connectivity index (χ0) is 15.2. The fourth-order valence-corrected chi connectivity index (χ4v) is 2.63. The minimum atomic E-state index is 0.692. The highest BCUT2D eigenvalue weighted by molar-refractivity contribution is 7.98. The lowest BCUT2D eigenvalue weighted by molar-refractivity contribution is 0.343. The van der Waals surface area contributed by atoms with Gasteiger partial charge in [-0.2, -0.15) is 11.8 Å². The molecular weight excluding hydrogens is 288 g/mol. The maximum atomic E-state index is 5.88. The largest absolute Gasteiger partial charge is 0.464 e. The first kappa shape index (κ1) is 15.8. The summed E-state index contributed by atoms with van der Waals surface area (Å²) < 4.78 is 7.50. The maximum Gasteiger partial charge on any atom is 0.242 e. The van der Waals surface area contributed by atoms with Crippen molar-refractivity contribution < 1.29 is 4.42 Å². The molecule has 2 aromatic heterocycles. The first-order valence-corrected chi connectivity index (χ1v) is 7.98. The van der Waals surface area contributed by atoms with Gasteiger partial charge in [0, 0.05) is 19.3 Å². The number of nitrogens with one attached hydrogen (secondary N) is 1. The van der Waals surface area contributed by atoms with Gasteiger partial charge in [0.25, 0.3) is 0 Å². The summed E-state index contributed by atoms with van der Waals surface area (Å²) in [5.74, 6) is 4.63. The van der Waals surface area contributed by atoms with Crippen molar-refractivity contribution >= 4 is 17.7 Å². The van der Waals surface area contributed by atoms with Crippen LogP contribution in [0.4, 0.5) is 5.95 Å². The second-order valence-electron chi connectivity index (χ2n) is 5.16. The van der Waals surface area contributed by atoms with Gasteiger partial charge in [0.15, 0.2) is 0 Å². The van der Waals surface area contributed by atoms with Crippen molar-refractivity contribution in [1.29, 1.82) is 0 Å². The summed E-state index contributed by atoms with van der Waals surface area (Å²) in [6.45, 7) is 3.76. The molecule has 2 heterocycles. The van der Waals surface area contributed by atoms with Gasteiger partial charge in [-0.3, -0.25) is 0 Å². The zero-order valence-electron chi connectivity index (χ0n) is 13.0. The van der Waals surface area contributed by atoms with Crippen LogP contribution >= 0.6 is 11.8 Å². The van der Waals surface area contributed by atoms with Crippen LogP contribution in [0.15, 0.2) is 10.5 Å². The molecule has 0 bridgehead atoms. The third kappa shape index (κ3) is 4.75. The Morgan fingerprint density at radius 2 is 2.24 bits per heavy atom. The summed E-state index contributed by atoms with van der Waals surface area (Å²) in [4.78, 5) is 2.11. The highest BCUT2D eigenvalue weighted by atomic mass is 32.2. The van der Waals surface area contributed by atoms with Crippen molar-refractivity contribution in [2.24, 2.45) is 7.05 Å². The van der Waals surface area contributed by atoms with Crippen LogP contribution in [0.25, 0.3) is 0 Å². The van der Waals surface area contributed by atoms with Gasteiger partial charge in [-0.05, 0) is 43.1 Å². The quantitative estimate of drug-likeness (QED) is 0.741. The van der Waals surface area contributed by atoms with E-state index in [1.165, 1.54) is 5.56 Å². The number of aromatic nitrogens is 4. The standard InChI is InChI=1S/C13H22N6OS/c1-10-7-11(20-12(10)8-18(2)3)9-21-6-5-14-13-15-16-17-19(13)4/h7H,5-6,8-9H2,1-4H3,(H,14,15,17). The lowest BCUT2D eigenvalue weighted by atomic mass is 10.2. The number of furan rings is 1. The number of anilines is 1. The Bertz CT molecular complexity index is 565. The van der Waals surface area contributed by atoms with Gasteiger partial charge >= 0.3 is 0 Å². The molecule has 0 atom stereocenters. The highest BCUT2D eigenvalue weighted by Crippen LogP contribution is 2.20. The minimum Gasteiger partial charge on any atom is -0.464 e. The van der Waals surface area contributed by atoms with E-state index in [9.17, 15) is 0 Å². The van der Waals surface area contributed by atoms with Crippen LogP contribution < -0.4 is 5.32 Å². The zero-order valence-corrected chi connectivity index (χ0v) is 13.8. The Balaban J connectivity index is 1.70. The number of aryl methyl sites for hydroxylation is 2. The third-order valence-electron chi connectivity index (χ3n) is 2.93. The molecule has 2 aromatic rings. The molecule has 0 spiro atoms. The summed E-state index contributed by atoms with van der Waals surface area (Å²) in [5.41, 5.74) is 1.22. The second kappa shape index (κ2) is 7.46. The van der Waals surface area contributed by atoms with E-state index < -0.39 is 0 Å². The van der Waals surface area contributed by atoms with E-state index >= 15 is 0 Å². The predicted molar refractivity (Wildman–Crippen MR) is 84.3 cm³/mol. The predicted octanol–water partition coefficient (Wildman–Crippen LogP) is 1.52. The van der Waals surface area contributed by atoms with Crippen LogP contribution in [0.5, 0.6) is 0 Å². The Labute approximate surface area is 129 Å². The van der Waals surface area contributed by atoms with Crippen LogP contribution in [-0.4, -0.2) is 51.5 Å². The molecule has 0 fully saturated rings. The molecule has 116 valence electrons. The fraction of sp³-hybridized carbons (Fsp3) is 0.615. The molecule has 0 aliphatic rings. The number of rotatable bonds is 8. The third-order valence-corrected chi connectivity index (χ3v) is 3.91. The summed E-state index contributed by atoms with van der Waals surface area (Å²) >= 11 is 1.83. The number of tetrazole rings is 1. The molecule has 21 heavy (non-hydrogen) atoms. The van der Waals surface area contributed by atoms with Crippen molar-refractivity contribution in [2.75, 3.05) is 31.7 Å². The molecule has 0 radical (unpaired) electrons. The normalized spacial score (nSPS) is 11.3. The van der Waals surface area contributed by atoms with E-state index in [2.05, 4.69) is 38.7 Å². The van der Waals surface area contributed by atoms with E-state index in [-0.39, 0.29) is 0 Å². The van der Waals surface area contributed by atoms with Gasteiger partial charge in [-0.1, -0.05) is 5.10 Å². The number of hydrogen-bond acceptors (Lipinski definition) is 7. The Hall–Kier alpha value is -1.54. The smallest absolute Gasteiger partial charge is 0.242 e. The molecule has 0 unspecified atom stereocenters. The van der Waals surface area contributed by atoms with Crippen LogP contribution in [0.1, 0.15) is 17.1 Å². The number of nitrogens with zero attached hydrogens (tertiary/aromatic N) is 5. The second-order valence-corrected chi connectivity index (χ2v) is 6.27. The summed E-state index contributed by atoms with van der Waals surface area (Å²) in [6.07, 6.45) is 0. The molecule has 0 aliphatic carbocycles. The van der Waals surface area contributed by atoms with Crippen molar-refractivity contribution in [2.45, 2.75) is 19.2 Å². The summed E-state index contributed by atoms with van der Waals surface area (Å²) in [6, 6.07) is 2.13.